The van der Waals surface area contributed by atoms with Crippen LogP contribution in [0, 0.1) is 13.8 Å². The molecule has 2 atom stereocenters. The molecule has 0 saturated carbocycles. The third-order valence-electron chi connectivity index (χ3n) is 10.4. The summed E-state index contributed by atoms with van der Waals surface area (Å²) in [5.41, 5.74) is 14.7. The topological polar surface area (TPSA) is 0 Å². The summed E-state index contributed by atoms with van der Waals surface area (Å²) >= 11 is 16.6. The van der Waals surface area contributed by atoms with Crippen LogP contribution < -0.4 is 0 Å². The van der Waals surface area contributed by atoms with Gasteiger partial charge in [0.2, 0.25) is 0 Å². The Labute approximate surface area is 298 Å². The van der Waals surface area contributed by atoms with Gasteiger partial charge in [0.1, 0.15) is 0 Å². The zero-order chi connectivity index (χ0) is 31.1. The molecule has 0 spiro atoms. The van der Waals surface area contributed by atoms with Crippen LogP contribution >= 0.6 is 23.2 Å². The largest absolute Gasteiger partial charge is 0.113 e. The average molecular weight is 686 g/mol. The maximum atomic E-state index is 8.31. The Hall–Kier alpha value is -3.17. The van der Waals surface area contributed by atoms with Crippen molar-refractivity contribution in [2.75, 3.05) is 0 Å². The van der Waals surface area contributed by atoms with Crippen LogP contribution in [0.3, 0.4) is 0 Å². The van der Waals surface area contributed by atoms with Crippen molar-refractivity contribution in [1.82, 2.24) is 0 Å². The second-order valence-corrected chi connectivity index (χ2v) is 17.5. The van der Waals surface area contributed by atoms with E-state index in [2.05, 4.69) is 149 Å². The Kier molecular flexibility index (Phi) is 7.87. The van der Waals surface area contributed by atoms with E-state index in [1.54, 1.807) is 0 Å². The van der Waals surface area contributed by atoms with E-state index in [1.165, 1.54) is 88.3 Å². The van der Waals surface area contributed by atoms with Crippen molar-refractivity contribution in [2.24, 2.45) is 0 Å². The third-order valence-corrected chi connectivity index (χ3v) is 14.4. The summed E-state index contributed by atoms with van der Waals surface area (Å²) in [5.74, 6) is 0. The van der Waals surface area contributed by atoms with Gasteiger partial charge in [0.15, 0.2) is 0 Å². The van der Waals surface area contributed by atoms with Crippen molar-refractivity contribution in [2.45, 2.75) is 36.7 Å². The molecule has 0 saturated heterocycles. The first-order valence-corrected chi connectivity index (χ1v) is 17.9. The van der Waals surface area contributed by atoms with Gasteiger partial charge in [-0.1, -0.05) is 121 Å². The Morgan fingerprint density at radius 2 is 0.761 bits per heavy atom. The first-order chi connectivity index (χ1) is 21.7. The molecule has 4 heteroatoms. The second-order valence-electron chi connectivity index (χ2n) is 12.8. The standard InChI is InChI=1S/C42H34Cl2Si.Ti/c1-25-21-23-35(33-17-7-5-13-29(25)33)39-27(3)31-15-9-11-19-37(31)41(39,43)45-42(44)38-20-12-10-16-32(38)28(4)40(42)36-24-22-26(2)30-14-6-8-18-34(30)36;/h5-24H,45H2,1-4H3;. The summed E-state index contributed by atoms with van der Waals surface area (Å²) in [7, 11) is -1.43. The second kappa shape index (κ2) is 11.5. The number of rotatable bonds is 4. The van der Waals surface area contributed by atoms with E-state index in [0.717, 1.165) is 0 Å². The van der Waals surface area contributed by atoms with Gasteiger partial charge in [-0.2, -0.15) is 0 Å². The van der Waals surface area contributed by atoms with E-state index in [9.17, 15) is 0 Å². The number of benzene rings is 6. The van der Waals surface area contributed by atoms with E-state index >= 15 is 0 Å². The fourth-order valence-corrected chi connectivity index (χ4v) is 13.5. The van der Waals surface area contributed by atoms with Crippen LogP contribution in [0.2, 0.25) is 0 Å². The van der Waals surface area contributed by atoms with E-state index in [1.807, 2.05) is 0 Å². The van der Waals surface area contributed by atoms with E-state index < -0.39 is 18.5 Å². The van der Waals surface area contributed by atoms with Crippen LogP contribution in [0.25, 0.3) is 43.8 Å². The van der Waals surface area contributed by atoms with E-state index in [0.29, 0.717) is 0 Å². The molecule has 0 nitrogen and oxygen atoms in total. The molecular weight excluding hydrogens is 651 g/mol. The smallest absolute Gasteiger partial charge is 0.0932 e. The molecule has 2 unspecified atom stereocenters. The van der Waals surface area contributed by atoms with Gasteiger partial charge in [0.25, 0.3) is 0 Å². The van der Waals surface area contributed by atoms with E-state index in [4.69, 9.17) is 23.2 Å². The minimum atomic E-state index is -1.43. The first-order valence-electron chi connectivity index (χ1n) is 15.7. The Bertz CT molecular complexity index is 2120. The SMILES string of the molecule is CC1=C(c2ccc(C)c3ccccc23)C(Cl)([SiH2]C2(Cl)C(c3ccc(C)c4ccccc34)=C(C)c3ccccc32)c2ccccc21.[Ti]. The van der Waals surface area contributed by atoms with Crippen LogP contribution in [-0.2, 0) is 30.7 Å². The summed E-state index contributed by atoms with van der Waals surface area (Å²) in [5, 5.41) is 5.01. The molecule has 0 amide bonds. The third kappa shape index (κ3) is 4.44. The van der Waals surface area contributed by atoms with E-state index in [-0.39, 0.29) is 21.7 Å². The normalized spacial score (nSPS) is 20.6. The fraction of sp³-hybridized carbons (Fsp3) is 0.143. The molecule has 0 N–H and O–H groups in total. The van der Waals surface area contributed by atoms with Crippen molar-refractivity contribution < 1.29 is 21.7 Å². The molecule has 0 fully saturated rings. The van der Waals surface area contributed by atoms with Crippen molar-refractivity contribution in [1.29, 1.82) is 0 Å². The molecule has 0 aliphatic heterocycles. The average Bonchev–Trinajstić information content (AvgIpc) is 3.41. The van der Waals surface area contributed by atoms with Gasteiger partial charge in [-0.05, 0) is 116 Å². The maximum absolute atomic E-state index is 8.31. The Morgan fingerprint density at radius 3 is 1.17 bits per heavy atom. The van der Waals surface area contributed by atoms with Gasteiger partial charge in [-0.25, -0.2) is 0 Å². The van der Waals surface area contributed by atoms with Crippen molar-refractivity contribution in [3.63, 3.8) is 0 Å². The molecular formula is C42H34Cl2SiTi. The van der Waals surface area contributed by atoms with Gasteiger partial charge in [0, 0.05) is 21.7 Å². The number of allylic oxidation sites excluding steroid dienone is 4. The van der Waals surface area contributed by atoms with Crippen molar-refractivity contribution in [3.05, 3.63) is 166 Å². The summed E-state index contributed by atoms with van der Waals surface area (Å²) in [6.07, 6.45) is 0. The monoisotopic (exact) mass is 684 g/mol. The van der Waals surface area contributed by atoms with Gasteiger partial charge in [-0.15, -0.1) is 23.2 Å². The summed E-state index contributed by atoms with van der Waals surface area (Å²) < 4.78 is -1.46. The molecule has 0 heterocycles. The summed E-state index contributed by atoms with van der Waals surface area (Å²) in [6.45, 7) is 8.88. The number of fused-ring (bicyclic) bond motifs is 4. The molecule has 2 aliphatic rings. The molecule has 8 rings (SSSR count). The predicted octanol–water partition coefficient (Wildman–Crippen LogP) is 11.1. The maximum Gasteiger partial charge on any atom is 0.0932 e. The minimum absolute atomic E-state index is 0. The Morgan fingerprint density at radius 1 is 0.413 bits per heavy atom. The van der Waals surface area contributed by atoms with Crippen molar-refractivity contribution in [3.8, 4) is 0 Å². The van der Waals surface area contributed by atoms with Gasteiger partial charge >= 0.3 is 0 Å². The zero-order valence-electron chi connectivity index (χ0n) is 26.5. The number of aryl methyl sites for hydroxylation is 2. The molecule has 6 aromatic rings. The predicted molar refractivity (Wildman–Crippen MR) is 199 cm³/mol. The molecule has 46 heavy (non-hydrogen) atoms. The van der Waals surface area contributed by atoms with Crippen LogP contribution in [0.5, 0.6) is 0 Å². The molecule has 0 aromatic heterocycles. The number of alkyl halides is 2. The van der Waals surface area contributed by atoms with Crippen molar-refractivity contribution >= 4 is 76.6 Å². The number of hydrogen-bond acceptors (Lipinski definition) is 0. The van der Waals surface area contributed by atoms with Crippen LogP contribution in [-0.4, -0.2) is 9.52 Å². The van der Waals surface area contributed by atoms with Gasteiger partial charge in [-0.3, -0.25) is 0 Å². The number of halogens is 2. The van der Waals surface area contributed by atoms with Gasteiger partial charge < -0.3 is 0 Å². The molecule has 6 aromatic carbocycles. The first kappa shape index (κ1) is 31.4. The van der Waals surface area contributed by atoms with Gasteiger partial charge in [0.05, 0.1) is 18.5 Å². The number of hydrogen-bond donors (Lipinski definition) is 0. The van der Waals surface area contributed by atoms with Crippen LogP contribution in [0.15, 0.2) is 121 Å². The minimum Gasteiger partial charge on any atom is -0.113 e. The molecule has 2 aliphatic carbocycles. The fourth-order valence-electron chi connectivity index (χ4n) is 8.31. The van der Waals surface area contributed by atoms with Crippen LogP contribution in [0.1, 0.15) is 58.4 Å². The molecule has 0 radical (unpaired) electrons. The zero-order valence-corrected chi connectivity index (χ0v) is 31.0. The molecule has 224 valence electrons. The summed E-state index contributed by atoms with van der Waals surface area (Å²) in [6, 6.07) is 44.0. The van der Waals surface area contributed by atoms with Crippen LogP contribution in [0.4, 0.5) is 0 Å². The Balaban J connectivity index is 0.00000338. The molecule has 0 bridgehead atoms. The quantitative estimate of drug-likeness (QED) is 0.128. The summed E-state index contributed by atoms with van der Waals surface area (Å²) in [4.78, 5) is 0.